The number of nitriles is 1. The number of halogens is 1. The highest BCUT2D eigenvalue weighted by Crippen LogP contribution is 2.40. The lowest BCUT2D eigenvalue weighted by atomic mass is 9.86. The topological polar surface area (TPSA) is 108 Å². The Morgan fingerprint density at radius 1 is 1.43 bits per heavy atom. The number of rotatable bonds is 2. The Morgan fingerprint density at radius 2 is 2.13 bits per heavy atom. The fourth-order valence-electron chi connectivity index (χ4n) is 2.98. The Bertz CT molecular complexity index is 763. The first kappa shape index (κ1) is 15.2. The summed E-state index contributed by atoms with van der Waals surface area (Å²) in [7, 11) is 0. The predicted octanol–water partition coefficient (Wildman–Crippen LogP) is 1.87. The molecular formula is C15H14ClN5O2. The molecule has 8 heteroatoms. The minimum Gasteiger partial charge on any atom is -0.384 e. The van der Waals surface area contributed by atoms with Gasteiger partial charge in [-0.3, -0.25) is 10.1 Å². The smallest absolute Gasteiger partial charge is 0.299 e. The molecule has 1 aromatic carbocycles. The average molecular weight is 332 g/mol. The maximum Gasteiger partial charge on any atom is 0.299 e. The molecule has 2 aliphatic rings. The van der Waals surface area contributed by atoms with Crippen LogP contribution in [0.25, 0.3) is 0 Å². The Morgan fingerprint density at radius 3 is 2.74 bits per heavy atom. The third-order valence-corrected chi connectivity index (χ3v) is 4.26. The van der Waals surface area contributed by atoms with Crippen LogP contribution < -0.4 is 11.1 Å². The monoisotopic (exact) mass is 331 g/mol. The van der Waals surface area contributed by atoms with Gasteiger partial charge in [-0.25, -0.2) is 0 Å². The van der Waals surface area contributed by atoms with E-state index in [9.17, 15) is 15.4 Å². The number of allylic oxidation sites excluding steroid dienone is 1. The highest BCUT2D eigenvalue weighted by atomic mass is 35.5. The summed E-state index contributed by atoms with van der Waals surface area (Å²) >= 11 is 5.89. The third kappa shape index (κ3) is 2.47. The molecule has 1 aromatic rings. The van der Waals surface area contributed by atoms with Gasteiger partial charge in [-0.05, 0) is 24.1 Å². The SMILES string of the molecule is N#CC1=C(N)N2CCCNC2=C([N+](=O)[O-])C1c1ccc(Cl)cc1. The number of fused-ring (bicyclic) bond motifs is 1. The molecule has 0 aliphatic carbocycles. The number of benzene rings is 1. The van der Waals surface area contributed by atoms with Crippen molar-refractivity contribution in [3.05, 3.63) is 67.9 Å². The molecule has 0 spiro atoms. The maximum atomic E-state index is 11.7. The molecule has 0 radical (unpaired) electrons. The number of hydrogen-bond acceptors (Lipinski definition) is 6. The van der Waals surface area contributed by atoms with Gasteiger partial charge in [-0.1, -0.05) is 23.7 Å². The normalized spacial score (nSPS) is 20.7. The van der Waals surface area contributed by atoms with Crippen molar-refractivity contribution in [3.63, 3.8) is 0 Å². The lowest BCUT2D eigenvalue weighted by molar-refractivity contribution is -0.432. The van der Waals surface area contributed by atoms with Crippen molar-refractivity contribution in [2.24, 2.45) is 5.73 Å². The molecule has 2 aliphatic heterocycles. The molecule has 23 heavy (non-hydrogen) atoms. The van der Waals surface area contributed by atoms with Crippen LogP contribution in [0.1, 0.15) is 17.9 Å². The van der Waals surface area contributed by atoms with Gasteiger partial charge in [-0.15, -0.1) is 0 Å². The molecule has 3 N–H and O–H groups in total. The van der Waals surface area contributed by atoms with Gasteiger partial charge < -0.3 is 16.0 Å². The van der Waals surface area contributed by atoms with Gasteiger partial charge in [0.05, 0.1) is 16.6 Å². The molecular weight excluding hydrogens is 318 g/mol. The van der Waals surface area contributed by atoms with Crippen LogP contribution in [0.3, 0.4) is 0 Å². The van der Waals surface area contributed by atoms with E-state index in [0.717, 1.165) is 6.42 Å². The molecule has 118 valence electrons. The van der Waals surface area contributed by atoms with Gasteiger partial charge in [0, 0.05) is 18.1 Å². The number of nitrogens with zero attached hydrogens (tertiary/aromatic N) is 3. The van der Waals surface area contributed by atoms with E-state index in [1.54, 1.807) is 29.2 Å². The van der Waals surface area contributed by atoms with E-state index in [2.05, 4.69) is 5.32 Å². The number of nitrogens with two attached hydrogens (primary N) is 1. The van der Waals surface area contributed by atoms with Crippen molar-refractivity contribution in [2.75, 3.05) is 13.1 Å². The van der Waals surface area contributed by atoms with E-state index < -0.39 is 10.8 Å². The van der Waals surface area contributed by atoms with Crippen molar-refractivity contribution >= 4 is 11.6 Å². The summed E-state index contributed by atoms with van der Waals surface area (Å²) in [5.41, 5.74) is 6.86. The second-order valence-corrected chi connectivity index (χ2v) is 5.75. The quantitative estimate of drug-likeness (QED) is 0.632. The van der Waals surface area contributed by atoms with E-state index >= 15 is 0 Å². The summed E-state index contributed by atoms with van der Waals surface area (Å²) in [4.78, 5) is 12.9. The van der Waals surface area contributed by atoms with Gasteiger partial charge in [0.1, 0.15) is 11.7 Å². The zero-order valence-corrected chi connectivity index (χ0v) is 12.9. The van der Waals surface area contributed by atoms with Crippen molar-refractivity contribution in [2.45, 2.75) is 12.3 Å². The molecule has 3 rings (SSSR count). The molecule has 0 saturated carbocycles. The van der Waals surface area contributed by atoms with Crippen LogP contribution in [0.2, 0.25) is 5.02 Å². The maximum absolute atomic E-state index is 11.7. The minimum absolute atomic E-state index is 0.0576. The lowest BCUT2D eigenvalue weighted by Gasteiger charge is -2.37. The zero-order chi connectivity index (χ0) is 16.6. The van der Waals surface area contributed by atoms with E-state index in [1.807, 2.05) is 6.07 Å². The molecule has 0 bridgehead atoms. The van der Waals surface area contributed by atoms with E-state index in [0.29, 0.717) is 29.5 Å². The van der Waals surface area contributed by atoms with Crippen LogP contribution in [0, 0.1) is 21.4 Å². The molecule has 1 unspecified atom stereocenters. The number of hydrogen-bond donors (Lipinski definition) is 2. The van der Waals surface area contributed by atoms with Crippen LogP contribution >= 0.6 is 11.6 Å². The summed E-state index contributed by atoms with van der Waals surface area (Å²) in [6.45, 7) is 1.18. The first-order valence-corrected chi connectivity index (χ1v) is 7.47. The Labute approximate surface area is 137 Å². The zero-order valence-electron chi connectivity index (χ0n) is 12.1. The van der Waals surface area contributed by atoms with Gasteiger partial charge in [0.25, 0.3) is 5.70 Å². The molecule has 0 amide bonds. The minimum atomic E-state index is -0.816. The van der Waals surface area contributed by atoms with Crippen LogP contribution in [0.5, 0.6) is 0 Å². The van der Waals surface area contributed by atoms with E-state index in [4.69, 9.17) is 17.3 Å². The second-order valence-electron chi connectivity index (χ2n) is 5.32. The summed E-state index contributed by atoms with van der Waals surface area (Å²) in [6, 6.07) is 8.70. The molecule has 2 heterocycles. The van der Waals surface area contributed by atoms with Crippen molar-refractivity contribution in [3.8, 4) is 6.07 Å². The average Bonchev–Trinajstić information content (AvgIpc) is 2.55. The van der Waals surface area contributed by atoms with Crippen molar-refractivity contribution in [1.29, 1.82) is 5.26 Å². The van der Waals surface area contributed by atoms with Gasteiger partial charge in [-0.2, -0.15) is 5.26 Å². The molecule has 1 fully saturated rings. The van der Waals surface area contributed by atoms with Gasteiger partial charge >= 0.3 is 0 Å². The molecule has 1 atom stereocenters. The first-order chi connectivity index (χ1) is 11.0. The van der Waals surface area contributed by atoms with Crippen LogP contribution in [0.15, 0.2) is 47.2 Å². The first-order valence-electron chi connectivity index (χ1n) is 7.09. The fraction of sp³-hybridized carbons (Fsp3) is 0.267. The van der Waals surface area contributed by atoms with E-state index in [1.165, 1.54) is 0 Å². The van der Waals surface area contributed by atoms with Crippen molar-refractivity contribution in [1.82, 2.24) is 10.2 Å². The Balaban J connectivity index is 2.22. The summed E-state index contributed by atoms with van der Waals surface area (Å²) in [5.74, 6) is -0.179. The van der Waals surface area contributed by atoms with Crippen LogP contribution in [0.4, 0.5) is 0 Å². The molecule has 1 saturated heterocycles. The second kappa shape index (κ2) is 5.82. The van der Waals surface area contributed by atoms with Crippen molar-refractivity contribution < 1.29 is 4.92 Å². The number of nitrogens with one attached hydrogen (secondary N) is 1. The molecule has 7 nitrogen and oxygen atoms in total. The molecule has 0 aromatic heterocycles. The highest BCUT2D eigenvalue weighted by molar-refractivity contribution is 6.30. The van der Waals surface area contributed by atoms with Crippen LogP contribution in [-0.2, 0) is 0 Å². The third-order valence-electron chi connectivity index (χ3n) is 4.01. The summed E-state index contributed by atoms with van der Waals surface area (Å²) in [5, 5.41) is 24.8. The van der Waals surface area contributed by atoms with Gasteiger partial charge in [0.2, 0.25) is 0 Å². The lowest BCUT2D eigenvalue weighted by Crippen LogP contribution is -2.46. The summed E-state index contributed by atoms with van der Waals surface area (Å²) < 4.78 is 0. The number of nitro groups is 1. The van der Waals surface area contributed by atoms with Gasteiger partial charge in [0.15, 0.2) is 5.82 Å². The fourth-order valence-corrected chi connectivity index (χ4v) is 3.11. The predicted molar refractivity (Wildman–Crippen MR) is 84.4 cm³/mol. The highest BCUT2D eigenvalue weighted by Gasteiger charge is 2.43. The van der Waals surface area contributed by atoms with E-state index in [-0.39, 0.29) is 17.1 Å². The largest absolute Gasteiger partial charge is 0.384 e. The Kier molecular flexibility index (Phi) is 3.84. The van der Waals surface area contributed by atoms with Crippen LogP contribution in [-0.4, -0.2) is 22.9 Å². The standard InChI is InChI=1S/C15H14ClN5O2/c16-10-4-2-9(3-5-10)12-11(8-17)14(18)20-7-1-6-19-15(20)13(12)21(22)23/h2-5,12,19H,1,6-7,18H2. The Hall–Kier alpha value is -2.72. The summed E-state index contributed by atoms with van der Waals surface area (Å²) in [6.07, 6.45) is 0.791.